The Labute approximate surface area is 153 Å². The van der Waals surface area contributed by atoms with Gasteiger partial charge in [0, 0.05) is 25.7 Å². The topological polar surface area (TPSA) is 59.8 Å². The molecule has 0 fully saturated rings. The van der Waals surface area contributed by atoms with Crippen LogP contribution in [0.4, 0.5) is 5.69 Å². The highest BCUT2D eigenvalue weighted by molar-refractivity contribution is 6.10. The van der Waals surface area contributed by atoms with Gasteiger partial charge in [-0.25, -0.2) is 0 Å². The number of esters is 1. The molecule has 2 aromatic rings. The van der Waals surface area contributed by atoms with Gasteiger partial charge in [0.2, 0.25) is 0 Å². The molecule has 0 saturated carbocycles. The molecule has 0 amide bonds. The minimum absolute atomic E-state index is 0.234. The maximum atomic E-state index is 12.7. The van der Waals surface area contributed by atoms with Crippen molar-refractivity contribution in [2.75, 3.05) is 25.6 Å². The molecular weight excluding hydrogens is 330 g/mol. The lowest BCUT2D eigenvalue weighted by Gasteiger charge is -2.27. The van der Waals surface area contributed by atoms with E-state index in [-0.39, 0.29) is 18.3 Å². The number of ketones is 1. The number of anilines is 1. The SMILES string of the molecule is CCOC(=O)[C@H]1C(=O)C=C(c2ccc(N(C)C)cc2)C[C@H]1c1ccco1. The summed E-state index contributed by atoms with van der Waals surface area (Å²) < 4.78 is 10.6. The Balaban J connectivity index is 1.95. The Hall–Kier alpha value is -2.82. The highest BCUT2D eigenvalue weighted by Gasteiger charge is 2.41. The normalized spacial score (nSPS) is 19.8. The van der Waals surface area contributed by atoms with E-state index in [1.807, 2.05) is 49.3 Å². The van der Waals surface area contributed by atoms with Crippen LogP contribution >= 0.6 is 0 Å². The fourth-order valence-electron chi connectivity index (χ4n) is 3.33. The lowest BCUT2D eigenvalue weighted by Crippen LogP contribution is -2.33. The van der Waals surface area contributed by atoms with Gasteiger partial charge in [-0.05, 0) is 54.8 Å². The molecule has 1 heterocycles. The lowest BCUT2D eigenvalue weighted by molar-refractivity contribution is -0.151. The van der Waals surface area contributed by atoms with Crippen molar-refractivity contribution < 1.29 is 18.7 Å². The van der Waals surface area contributed by atoms with Crippen LogP contribution in [-0.2, 0) is 14.3 Å². The van der Waals surface area contributed by atoms with Gasteiger partial charge in [-0.1, -0.05) is 12.1 Å². The zero-order valence-corrected chi connectivity index (χ0v) is 15.3. The van der Waals surface area contributed by atoms with Gasteiger partial charge in [-0.15, -0.1) is 0 Å². The van der Waals surface area contributed by atoms with Crippen molar-refractivity contribution in [1.82, 2.24) is 0 Å². The number of nitrogens with zero attached hydrogens (tertiary/aromatic N) is 1. The smallest absolute Gasteiger partial charge is 0.317 e. The summed E-state index contributed by atoms with van der Waals surface area (Å²) in [6.45, 7) is 1.98. The quantitative estimate of drug-likeness (QED) is 0.606. The van der Waals surface area contributed by atoms with Gasteiger partial charge in [-0.2, -0.15) is 0 Å². The molecule has 0 radical (unpaired) electrons. The summed E-state index contributed by atoms with van der Waals surface area (Å²) in [6, 6.07) is 11.6. The van der Waals surface area contributed by atoms with E-state index in [1.165, 1.54) is 0 Å². The lowest BCUT2D eigenvalue weighted by atomic mass is 9.76. The largest absolute Gasteiger partial charge is 0.469 e. The van der Waals surface area contributed by atoms with E-state index in [9.17, 15) is 9.59 Å². The Morgan fingerprint density at radius 3 is 2.54 bits per heavy atom. The van der Waals surface area contributed by atoms with E-state index in [1.54, 1.807) is 25.3 Å². The molecule has 2 atom stereocenters. The summed E-state index contributed by atoms with van der Waals surface area (Å²) in [4.78, 5) is 27.1. The maximum absolute atomic E-state index is 12.7. The first-order valence-corrected chi connectivity index (χ1v) is 8.73. The van der Waals surface area contributed by atoms with Crippen LogP contribution in [0.5, 0.6) is 0 Å². The summed E-state index contributed by atoms with van der Waals surface area (Å²) in [5.41, 5.74) is 2.97. The van der Waals surface area contributed by atoms with E-state index in [4.69, 9.17) is 9.15 Å². The van der Waals surface area contributed by atoms with Crippen LogP contribution in [0.3, 0.4) is 0 Å². The molecule has 5 nitrogen and oxygen atoms in total. The van der Waals surface area contributed by atoms with Crippen LogP contribution in [-0.4, -0.2) is 32.5 Å². The van der Waals surface area contributed by atoms with Crippen LogP contribution in [0.2, 0.25) is 0 Å². The Kier molecular flexibility index (Phi) is 5.26. The van der Waals surface area contributed by atoms with E-state index >= 15 is 0 Å². The predicted molar refractivity (Wildman–Crippen MR) is 99.9 cm³/mol. The molecule has 1 aromatic heterocycles. The second-order valence-corrected chi connectivity index (χ2v) is 6.57. The number of ether oxygens (including phenoxy) is 1. The van der Waals surface area contributed by atoms with Crippen molar-refractivity contribution in [3.05, 3.63) is 60.1 Å². The third-order valence-corrected chi connectivity index (χ3v) is 4.67. The molecule has 1 aliphatic carbocycles. The molecule has 1 aromatic carbocycles. The minimum atomic E-state index is -0.856. The Bertz CT molecular complexity index is 803. The number of furan rings is 1. The first-order chi connectivity index (χ1) is 12.5. The average Bonchev–Trinajstić information content (AvgIpc) is 3.15. The van der Waals surface area contributed by atoms with E-state index in [2.05, 4.69) is 0 Å². The molecular formula is C21H23NO4. The number of carbonyl (C=O) groups excluding carboxylic acids is 2. The van der Waals surface area contributed by atoms with Crippen molar-refractivity contribution in [2.45, 2.75) is 19.3 Å². The highest BCUT2D eigenvalue weighted by Crippen LogP contribution is 2.40. The summed E-state index contributed by atoms with van der Waals surface area (Å²) >= 11 is 0. The fourth-order valence-corrected chi connectivity index (χ4v) is 3.33. The number of carbonyl (C=O) groups is 2. The third kappa shape index (κ3) is 3.57. The Morgan fingerprint density at radius 1 is 1.23 bits per heavy atom. The van der Waals surface area contributed by atoms with Crippen LogP contribution in [0.25, 0.3) is 5.57 Å². The first-order valence-electron chi connectivity index (χ1n) is 8.73. The number of benzene rings is 1. The van der Waals surface area contributed by atoms with Gasteiger partial charge in [-0.3, -0.25) is 9.59 Å². The van der Waals surface area contributed by atoms with Crippen molar-refractivity contribution in [2.24, 2.45) is 5.92 Å². The molecule has 0 bridgehead atoms. The highest BCUT2D eigenvalue weighted by atomic mass is 16.5. The van der Waals surface area contributed by atoms with Gasteiger partial charge in [0.1, 0.15) is 11.7 Å². The van der Waals surface area contributed by atoms with Gasteiger partial charge < -0.3 is 14.1 Å². The molecule has 0 N–H and O–H groups in total. The molecule has 0 spiro atoms. The van der Waals surface area contributed by atoms with Crippen LogP contribution in [0.1, 0.15) is 30.6 Å². The second kappa shape index (κ2) is 7.60. The number of hydrogen-bond acceptors (Lipinski definition) is 5. The monoisotopic (exact) mass is 353 g/mol. The molecule has 0 aliphatic heterocycles. The third-order valence-electron chi connectivity index (χ3n) is 4.67. The maximum Gasteiger partial charge on any atom is 0.317 e. The van der Waals surface area contributed by atoms with Crippen molar-refractivity contribution in [3.8, 4) is 0 Å². The average molecular weight is 353 g/mol. The van der Waals surface area contributed by atoms with Crippen molar-refractivity contribution in [3.63, 3.8) is 0 Å². The van der Waals surface area contributed by atoms with Gasteiger partial charge in [0.25, 0.3) is 0 Å². The molecule has 26 heavy (non-hydrogen) atoms. The first kappa shape index (κ1) is 18.0. The summed E-state index contributed by atoms with van der Waals surface area (Å²) in [5.74, 6) is -1.30. The molecule has 0 saturated heterocycles. The van der Waals surface area contributed by atoms with Gasteiger partial charge >= 0.3 is 5.97 Å². The fraction of sp³-hybridized carbons (Fsp3) is 0.333. The zero-order chi connectivity index (χ0) is 18.7. The van der Waals surface area contributed by atoms with Gasteiger partial charge in [0.15, 0.2) is 5.78 Å². The van der Waals surface area contributed by atoms with Crippen LogP contribution in [0, 0.1) is 5.92 Å². The number of hydrogen-bond donors (Lipinski definition) is 0. The molecule has 5 heteroatoms. The molecule has 0 unspecified atom stereocenters. The second-order valence-electron chi connectivity index (χ2n) is 6.57. The standard InChI is InChI=1S/C21H23NO4/c1-4-25-21(24)20-17(19-6-5-11-26-19)12-15(13-18(20)23)14-7-9-16(10-8-14)22(2)3/h5-11,13,17,20H,4,12H2,1-3H3/t17-,20+/m0/s1. The van der Waals surface area contributed by atoms with Crippen LogP contribution < -0.4 is 4.90 Å². The molecule has 136 valence electrons. The number of allylic oxidation sites excluding steroid dienone is 2. The summed E-state index contributed by atoms with van der Waals surface area (Å²) in [7, 11) is 3.96. The molecule has 1 aliphatic rings. The van der Waals surface area contributed by atoms with Crippen molar-refractivity contribution >= 4 is 23.0 Å². The Morgan fingerprint density at radius 2 is 1.96 bits per heavy atom. The van der Waals surface area contributed by atoms with E-state index < -0.39 is 11.9 Å². The zero-order valence-electron chi connectivity index (χ0n) is 15.3. The van der Waals surface area contributed by atoms with E-state index in [0.29, 0.717) is 12.2 Å². The van der Waals surface area contributed by atoms with Crippen molar-refractivity contribution in [1.29, 1.82) is 0 Å². The molecule has 3 rings (SSSR count). The minimum Gasteiger partial charge on any atom is -0.469 e. The van der Waals surface area contributed by atoms with Gasteiger partial charge in [0.05, 0.1) is 12.9 Å². The number of rotatable bonds is 5. The van der Waals surface area contributed by atoms with E-state index in [0.717, 1.165) is 16.8 Å². The summed E-state index contributed by atoms with van der Waals surface area (Å²) in [5, 5.41) is 0. The predicted octanol–water partition coefficient (Wildman–Crippen LogP) is 3.66. The summed E-state index contributed by atoms with van der Waals surface area (Å²) in [6.07, 6.45) is 3.68. The van der Waals surface area contributed by atoms with Crippen LogP contribution in [0.15, 0.2) is 53.2 Å².